The highest BCUT2D eigenvalue weighted by molar-refractivity contribution is 7.91. The summed E-state index contributed by atoms with van der Waals surface area (Å²) in [6.07, 6.45) is 5.97. The van der Waals surface area contributed by atoms with Crippen molar-refractivity contribution in [2.45, 2.75) is 50.6 Å². The summed E-state index contributed by atoms with van der Waals surface area (Å²) in [4.78, 5) is 12.3. The Morgan fingerprint density at radius 1 is 1.10 bits per heavy atom. The van der Waals surface area contributed by atoms with Crippen molar-refractivity contribution in [3.8, 4) is 0 Å². The molecular formula is C14H25ClN2O3S. The largest absolute Gasteiger partial charge is 0.353 e. The summed E-state index contributed by atoms with van der Waals surface area (Å²) in [5.41, 5.74) is 6.08. The number of sulfone groups is 1. The highest BCUT2D eigenvalue weighted by Crippen LogP contribution is 2.39. The molecule has 21 heavy (non-hydrogen) atoms. The van der Waals surface area contributed by atoms with Crippen molar-refractivity contribution in [3.05, 3.63) is 0 Å². The van der Waals surface area contributed by atoms with Crippen LogP contribution < -0.4 is 11.1 Å². The SMILES string of the molecule is Cl.NC1CC2CCCC(C1)C2NC(=O)C1CCS(=O)(=O)C1. The second-order valence-corrected chi connectivity index (χ2v) is 9.05. The van der Waals surface area contributed by atoms with E-state index in [1.165, 1.54) is 6.42 Å². The molecule has 3 rings (SSSR count). The van der Waals surface area contributed by atoms with E-state index in [-0.39, 0.29) is 47.8 Å². The van der Waals surface area contributed by atoms with Gasteiger partial charge in [0.15, 0.2) is 9.84 Å². The molecule has 0 spiro atoms. The van der Waals surface area contributed by atoms with E-state index in [1.807, 2.05) is 0 Å². The minimum Gasteiger partial charge on any atom is -0.353 e. The van der Waals surface area contributed by atoms with E-state index in [9.17, 15) is 13.2 Å². The highest BCUT2D eigenvalue weighted by Gasteiger charge is 2.41. The first kappa shape index (κ1) is 17.0. The number of nitrogens with two attached hydrogens (primary N) is 1. The van der Waals surface area contributed by atoms with Crippen LogP contribution in [-0.2, 0) is 14.6 Å². The first-order chi connectivity index (χ1) is 9.44. The average Bonchev–Trinajstić information content (AvgIpc) is 2.71. The normalized spacial score (nSPS) is 41.1. The molecule has 0 radical (unpaired) electrons. The molecule has 0 aromatic carbocycles. The predicted octanol–water partition coefficient (Wildman–Crippen LogP) is 0.865. The molecule has 2 aliphatic carbocycles. The maximum absolute atomic E-state index is 12.3. The zero-order valence-corrected chi connectivity index (χ0v) is 13.8. The van der Waals surface area contributed by atoms with Crippen LogP contribution in [0.5, 0.6) is 0 Å². The van der Waals surface area contributed by atoms with Crippen LogP contribution in [0.25, 0.3) is 0 Å². The number of hydrogen-bond acceptors (Lipinski definition) is 4. The molecule has 3 N–H and O–H groups in total. The zero-order valence-electron chi connectivity index (χ0n) is 12.2. The summed E-state index contributed by atoms with van der Waals surface area (Å²) < 4.78 is 23.0. The summed E-state index contributed by atoms with van der Waals surface area (Å²) in [5.74, 6) is 0.771. The Bertz CT molecular complexity index is 482. The predicted molar refractivity (Wildman–Crippen MR) is 84.0 cm³/mol. The maximum atomic E-state index is 12.3. The smallest absolute Gasteiger partial charge is 0.224 e. The Hall–Kier alpha value is -0.330. The monoisotopic (exact) mass is 336 g/mol. The minimum absolute atomic E-state index is 0. The third-order valence-electron chi connectivity index (χ3n) is 5.29. The van der Waals surface area contributed by atoms with Gasteiger partial charge in [0.2, 0.25) is 5.91 Å². The van der Waals surface area contributed by atoms with Gasteiger partial charge in [0.05, 0.1) is 17.4 Å². The number of carbonyl (C=O) groups is 1. The molecule has 1 amide bonds. The molecule has 0 aromatic rings. The standard InChI is InChI=1S/C14H24N2O3S.ClH/c15-12-6-9-2-1-3-10(7-12)13(9)16-14(17)11-4-5-20(18,19)8-11;/h9-13H,1-8,15H2,(H,16,17);1H. The van der Waals surface area contributed by atoms with E-state index in [2.05, 4.69) is 5.32 Å². The lowest BCUT2D eigenvalue weighted by Gasteiger charge is -2.45. The number of nitrogens with one attached hydrogen (secondary N) is 1. The van der Waals surface area contributed by atoms with Gasteiger partial charge in [0.25, 0.3) is 0 Å². The van der Waals surface area contributed by atoms with Crippen molar-refractivity contribution in [2.75, 3.05) is 11.5 Å². The fourth-order valence-electron chi connectivity index (χ4n) is 4.31. The first-order valence-electron chi connectivity index (χ1n) is 7.71. The van der Waals surface area contributed by atoms with Gasteiger partial charge in [-0.2, -0.15) is 0 Å². The molecule has 1 aliphatic heterocycles. The van der Waals surface area contributed by atoms with E-state index in [1.54, 1.807) is 0 Å². The van der Waals surface area contributed by atoms with Gasteiger partial charge >= 0.3 is 0 Å². The molecular weight excluding hydrogens is 312 g/mol. The Balaban J connectivity index is 0.00000161. The maximum Gasteiger partial charge on any atom is 0.224 e. The van der Waals surface area contributed by atoms with Gasteiger partial charge in [-0.15, -0.1) is 12.4 Å². The third-order valence-corrected chi connectivity index (χ3v) is 7.06. The van der Waals surface area contributed by atoms with Crippen molar-refractivity contribution in [1.82, 2.24) is 5.32 Å². The molecule has 2 saturated carbocycles. The van der Waals surface area contributed by atoms with Crippen LogP contribution in [0.1, 0.15) is 38.5 Å². The molecule has 1 heterocycles. The van der Waals surface area contributed by atoms with Crippen molar-refractivity contribution < 1.29 is 13.2 Å². The molecule has 3 atom stereocenters. The molecule has 1 saturated heterocycles. The quantitative estimate of drug-likeness (QED) is 0.783. The van der Waals surface area contributed by atoms with Gasteiger partial charge in [-0.25, -0.2) is 8.42 Å². The Morgan fingerprint density at radius 3 is 2.24 bits per heavy atom. The van der Waals surface area contributed by atoms with E-state index in [4.69, 9.17) is 5.73 Å². The fourth-order valence-corrected chi connectivity index (χ4v) is 6.05. The van der Waals surface area contributed by atoms with Crippen molar-refractivity contribution in [1.29, 1.82) is 0 Å². The van der Waals surface area contributed by atoms with Gasteiger partial charge in [0.1, 0.15) is 0 Å². The molecule has 0 aromatic heterocycles. The summed E-state index contributed by atoms with van der Waals surface area (Å²) >= 11 is 0. The zero-order chi connectivity index (χ0) is 14.3. The number of carbonyl (C=O) groups excluding carboxylic acids is 1. The van der Waals surface area contributed by atoms with E-state index < -0.39 is 9.84 Å². The lowest BCUT2D eigenvalue weighted by Crippen LogP contribution is -2.54. The topological polar surface area (TPSA) is 89.3 Å². The fraction of sp³-hybridized carbons (Fsp3) is 0.929. The molecule has 7 heteroatoms. The summed E-state index contributed by atoms with van der Waals surface area (Å²) in [6.45, 7) is 0. The van der Waals surface area contributed by atoms with Crippen molar-refractivity contribution in [2.24, 2.45) is 23.5 Å². The Labute approximate surface area is 132 Å². The highest BCUT2D eigenvalue weighted by atomic mass is 35.5. The van der Waals surface area contributed by atoms with Gasteiger partial charge < -0.3 is 11.1 Å². The minimum atomic E-state index is -2.99. The molecule has 122 valence electrons. The summed E-state index contributed by atoms with van der Waals surface area (Å²) in [7, 11) is -2.99. The van der Waals surface area contributed by atoms with E-state index in [0.717, 1.165) is 25.7 Å². The second-order valence-electron chi connectivity index (χ2n) is 6.82. The number of halogens is 1. The molecule has 3 fully saturated rings. The number of amides is 1. The Kier molecular flexibility index (Phi) is 5.21. The average molecular weight is 337 g/mol. The second kappa shape index (κ2) is 6.42. The lowest BCUT2D eigenvalue weighted by molar-refractivity contribution is -0.126. The van der Waals surface area contributed by atoms with Crippen molar-refractivity contribution >= 4 is 28.2 Å². The lowest BCUT2D eigenvalue weighted by atomic mass is 9.67. The van der Waals surface area contributed by atoms with E-state index in [0.29, 0.717) is 18.3 Å². The third kappa shape index (κ3) is 3.71. The molecule has 5 nitrogen and oxygen atoms in total. The van der Waals surface area contributed by atoms with Crippen LogP contribution in [0.2, 0.25) is 0 Å². The first-order valence-corrected chi connectivity index (χ1v) is 9.53. The van der Waals surface area contributed by atoms with Crippen LogP contribution in [0.15, 0.2) is 0 Å². The van der Waals surface area contributed by atoms with E-state index >= 15 is 0 Å². The van der Waals surface area contributed by atoms with Crippen LogP contribution in [0.4, 0.5) is 0 Å². The van der Waals surface area contributed by atoms with Gasteiger partial charge in [-0.05, 0) is 43.9 Å². The molecule has 3 aliphatic rings. The van der Waals surface area contributed by atoms with Gasteiger partial charge in [-0.3, -0.25) is 4.79 Å². The van der Waals surface area contributed by atoms with Gasteiger partial charge in [-0.1, -0.05) is 6.42 Å². The number of rotatable bonds is 2. The number of fused-ring (bicyclic) bond motifs is 2. The van der Waals surface area contributed by atoms with Crippen LogP contribution in [-0.4, -0.2) is 37.9 Å². The van der Waals surface area contributed by atoms with Gasteiger partial charge in [0, 0.05) is 12.1 Å². The van der Waals surface area contributed by atoms with Crippen LogP contribution in [0, 0.1) is 17.8 Å². The van der Waals surface area contributed by atoms with Crippen LogP contribution in [0.3, 0.4) is 0 Å². The summed E-state index contributed by atoms with van der Waals surface area (Å²) in [6, 6.07) is 0.490. The molecule has 3 unspecified atom stereocenters. The van der Waals surface area contributed by atoms with Crippen molar-refractivity contribution in [3.63, 3.8) is 0 Å². The number of hydrogen-bond donors (Lipinski definition) is 2. The Morgan fingerprint density at radius 2 is 1.71 bits per heavy atom. The molecule has 2 bridgehead atoms. The summed E-state index contributed by atoms with van der Waals surface area (Å²) in [5, 5.41) is 3.16. The van der Waals surface area contributed by atoms with Crippen LogP contribution >= 0.6 is 12.4 Å².